The fraction of sp³-hybridized carbons (Fsp3) is 0.211. The number of hydrogen-bond acceptors (Lipinski definition) is 5. The van der Waals surface area contributed by atoms with Crippen molar-refractivity contribution in [2.45, 2.75) is 13.5 Å². The van der Waals surface area contributed by atoms with Gasteiger partial charge in [0.2, 0.25) is 5.91 Å². The average Bonchev–Trinajstić information content (AvgIpc) is 3.21. The number of para-hydroxylation sites is 1. The number of anilines is 1. The summed E-state index contributed by atoms with van der Waals surface area (Å²) < 4.78 is 1.25. The zero-order valence-electron chi connectivity index (χ0n) is 14.8. The molecule has 0 saturated carbocycles. The van der Waals surface area contributed by atoms with E-state index in [2.05, 4.69) is 10.4 Å². The van der Waals surface area contributed by atoms with Crippen LogP contribution in [0.2, 0.25) is 5.02 Å². The summed E-state index contributed by atoms with van der Waals surface area (Å²) in [5.74, 6) is -0.145. The molecule has 0 spiro atoms. The predicted molar refractivity (Wildman–Crippen MR) is 109 cm³/mol. The van der Waals surface area contributed by atoms with Crippen LogP contribution in [0.3, 0.4) is 0 Å². The van der Waals surface area contributed by atoms with Gasteiger partial charge in [0.05, 0.1) is 30.7 Å². The molecule has 1 N–H and O–H groups in total. The van der Waals surface area contributed by atoms with E-state index in [1.165, 1.54) is 10.9 Å². The van der Waals surface area contributed by atoms with Gasteiger partial charge in [-0.2, -0.15) is 9.78 Å². The first-order valence-corrected chi connectivity index (χ1v) is 9.73. The van der Waals surface area contributed by atoms with Gasteiger partial charge in [-0.3, -0.25) is 9.59 Å². The molecule has 6 nitrogen and oxygen atoms in total. The molecule has 2 aromatic heterocycles. The molecule has 1 amide bonds. The highest BCUT2D eigenvalue weighted by Gasteiger charge is 2.17. The van der Waals surface area contributed by atoms with Gasteiger partial charge < -0.3 is 10.2 Å². The quantitative estimate of drug-likeness (QED) is 0.659. The fourth-order valence-corrected chi connectivity index (χ4v) is 3.49. The Labute approximate surface area is 166 Å². The number of aromatic nitrogens is 2. The lowest BCUT2D eigenvalue weighted by Gasteiger charge is -2.23. The molecule has 0 aliphatic rings. The highest BCUT2D eigenvalue weighted by molar-refractivity contribution is 7.09. The second kappa shape index (κ2) is 8.83. The molecular formula is C19H19ClN4O2S. The second-order valence-electron chi connectivity index (χ2n) is 5.77. The lowest BCUT2D eigenvalue weighted by Crippen LogP contribution is -2.38. The second-order valence-corrected chi connectivity index (χ2v) is 7.18. The molecule has 0 radical (unpaired) electrons. The van der Waals surface area contributed by atoms with Crippen LogP contribution >= 0.6 is 22.9 Å². The summed E-state index contributed by atoms with van der Waals surface area (Å²) in [5.41, 5.74) is 0.660. The van der Waals surface area contributed by atoms with Gasteiger partial charge in [-0.15, -0.1) is 11.3 Å². The van der Waals surface area contributed by atoms with Crippen LogP contribution in [0.1, 0.15) is 11.8 Å². The van der Waals surface area contributed by atoms with Crippen molar-refractivity contribution in [3.63, 3.8) is 0 Å². The van der Waals surface area contributed by atoms with Crippen LogP contribution in [0.15, 0.2) is 58.8 Å². The Hall–Kier alpha value is -2.64. The molecule has 0 saturated heterocycles. The van der Waals surface area contributed by atoms with Crippen LogP contribution in [0.4, 0.5) is 5.69 Å². The van der Waals surface area contributed by atoms with E-state index in [9.17, 15) is 9.59 Å². The number of carbonyl (C=O) groups is 1. The highest BCUT2D eigenvalue weighted by Crippen LogP contribution is 2.21. The van der Waals surface area contributed by atoms with Crippen molar-refractivity contribution in [3.8, 4) is 5.69 Å². The smallest absolute Gasteiger partial charge is 0.292 e. The number of hydrogen-bond donors (Lipinski definition) is 1. The zero-order chi connectivity index (χ0) is 19.2. The topological polar surface area (TPSA) is 67.2 Å². The van der Waals surface area contributed by atoms with Crippen LogP contribution < -0.4 is 15.8 Å². The SMILES string of the molecule is CCN(CC(=O)NCc1cccs1)c1cnn(-c2ccccc2)c(=O)c1Cl. The molecule has 140 valence electrons. The summed E-state index contributed by atoms with van der Waals surface area (Å²) in [6, 6.07) is 13.0. The lowest BCUT2D eigenvalue weighted by atomic mass is 10.3. The third kappa shape index (κ3) is 4.56. The van der Waals surface area contributed by atoms with Crippen molar-refractivity contribution in [2.75, 3.05) is 18.0 Å². The van der Waals surface area contributed by atoms with E-state index >= 15 is 0 Å². The number of nitrogens with one attached hydrogen (secondary N) is 1. The number of nitrogens with zero attached hydrogens (tertiary/aromatic N) is 3. The van der Waals surface area contributed by atoms with Crippen molar-refractivity contribution in [3.05, 3.63) is 74.3 Å². The molecular weight excluding hydrogens is 384 g/mol. The molecule has 0 fully saturated rings. The molecule has 27 heavy (non-hydrogen) atoms. The van der Waals surface area contributed by atoms with E-state index in [4.69, 9.17) is 11.6 Å². The van der Waals surface area contributed by atoms with E-state index in [1.54, 1.807) is 28.4 Å². The Balaban J connectivity index is 1.76. The Morgan fingerprint density at radius 2 is 2.04 bits per heavy atom. The normalized spacial score (nSPS) is 10.6. The van der Waals surface area contributed by atoms with E-state index in [0.29, 0.717) is 24.5 Å². The molecule has 1 aromatic carbocycles. The lowest BCUT2D eigenvalue weighted by molar-refractivity contribution is -0.119. The first kappa shape index (κ1) is 19.1. The maximum absolute atomic E-state index is 12.6. The van der Waals surface area contributed by atoms with Gasteiger partial charge in [0.1, 0.15) is 5.02 Å². The number of rotatable bonds is 7. The standard InChI is InChI=1S/C19H19ClN4O2S/c1-2-23(13-17(25)21-11-15-9-6-10-27-15)16-12-22-24(19(26)18(16)20)14-7-4-3-5-8-14/h3-10,12H,2,11,13H2,1H3,(H,21,25). The van der Waals surface area contributed by atoms with Crippen molar-refractivity contribution >= 4 is 34.5 Å². The number of halogens is 1. The van der Waals surface area contributed by atoms with Gasteiger partial charge in [-0.05, 0) is 30.5 Å². The summed E-state index contributed by atoms with van der Waals surface area (Å²) >= 11 is 7.90. The maximum Gasteiger partial charge on any atom is 0.292 e. The first-order valence-electron chi connectivity index (χ1n) is 8.47. The summed E-state index contributed by atoms with van der Waals surface area (Å²) in [6.07, 6.45) is 1.52. The monoisotopic (exact) mass is 402 g/mol. The maximum atomic E-state index is 12.6. The average molecular weight is 403 g/mol. The number of carbonyl (C=O) groups excluding carboxylic acids is 1. The number of thiophene rings is 1. The molecule has 2 heterocycles. The first-order chi connectivity index (χ1) is 13.1. The molecule has 3 rings (SSSR count). The molecule has 0 aliphatic heterocycles. The third-order valence-corrected chi connectivity index (χ3v) is 5.23. The minimum absolute atomic E-state index is 0.0433. The van der Waals surface area contributed by atoms with Crippen LogP contribution in [-0.4, -0.2) is 28.8 Å². The Morgan fingerprint density at radius 3 is 2.70 bits per heavy atom. The number of amides is 1. The Morgan fingerprint density at radius 1 is 1.26 bits per heavy atom. The van der Waals surface area contributed by atoms with E-state index < -0.39 is 5.56 Å². The van der Waals surface area contributed by atoms with Crippen LogP contribution in [0, 0.1) is 0 Å². The molecule has 3 aromatic rings. The van der Waals surface area contributed by atoms with Crippen LogP contribution in [0.25, 0.3) is 5.69 Å². The van der Waals surface area contributed by atoms with Gasteiger partial charge in [0, 0.05) is 11.4 Å². The summed E-state index contributed by atoms with van der Waals surface area (Å²) in [6.45, 7) is 2.99. The molecule has 0 unspecified atom stereocenters. The Kier molecular flexibility index (Phi) is 6.26. The fourth-order valence-electron chi connectivity index (χ4n) is 2.59. The van der Waals surface area contributed by atoms with Gasteiger partial charge in [-0.1, -0.05) is 35.9 Å². The van der Waals surface area contributed by atoms with Crippen molar-refractivity contribution < 1.29 is 4.79 Å². The third-order valence-electron chi connectivity index (χ3n) is 4.00. The summed E-state index contributed by atoms with van der Waals surface area (Å²) in [5, 5.41) is 9.10. The van der Waals surface area contributed by atoms with Crippen molar-refractivity contribution in [1.29, 1.82) is 0 Å². The minimum atomic E-state index is -0.419. The van der Waals surface area contributed by atoms with Gasteiger partial charge in [-0.25, -0.2) is 0 Å². The number of likely N-dealkylation sites (N-methyl/N-ethyl adjacent to an activating group) is 1. The molecule has 0 atom stereocenters. The van der Waals surface area contributed by atoms with Gasteiger partial charge >= 0.3 is 0 Å². The molecule has 0 bridgehead atoms. The Bertz CT molecular complexity index is 958. The zero-order valence-corrected chi connectivity index (χ0v) is 16.3. The predicted octanol–water partition coefficient (Wildman–Crippen LogP) is 3.09. The van der Waals surface area contributed by atoms with Crippen molar-refractivity contribution in [2.24, 2.45) is 0 Å². The van der Waals surface area contributed by atoms with E-state index in [-0.39, 0.29) is 17.5 Å². The van der Waals surface area contributed by atoms with E-state index in [0.717, 1.165) is 4.88 Å². The van der Waals surface area contributed by atoms with Crippen LogP contribution in [-0.2, 0) is 11.3 Å². The van der Waals surface area contributed by atoms with E-state index in [1.807, 2.05) is 42.6 Å². The highest BCUT2D eigenvalue weighted by atomic mass is 35.5. The van der Waals surface area contributed by atoms with Gasteiger partial charge in [0.15, 0.2) is 0 Å². The minimum Gasteiger partial charge on any atom is -0.360 e. The van der Waals surface area contributed by atoms with Crippen LogP contribution in [0.5, 0.6) is 0 Å². The molecule has 8 heteroatoms. The summed E-state index contributed by atoms with van der Waals surface area (Å²) in [4.78, 5) is 27.7. The summed E-state index contributed by atoms with van der Waals surface area (Å²) in [7, 11) is 0. The van der Waals surface area contributed by atoms with Crippen molar-refractivity contribution in [1.82, 2.24) is 15.1 Å². The van der Waals surface area contributed by atoms with Gasteiger partial charge in [0.25, 0.3) is 5.56 Å². The molecule has 0 aliphatic carbocycles. The number of benzene rings is 1. The largest absolute Gasteiger partial charge is 0.360 e.